The summed E-state index contributed by atoms with van der Waals surface area (Å²) in [6.45, 7) is 7.72. The van der Waals surface area contributed by atoms with Crippen LogP contribution in [0.1, 0.15) is 26.7 Å². The van der Waals surface area contributed by atoms with Gasteiger partial charge in [-0.2, -0.15) is 0 Å². The van der Waals surface area contributed by atoms with E-state index in [-0.39, 0.29) is 5.91 Å². The maximum atomic E-state index is 11.6. The third-order valence-electron chi connectivity index (χ3n) is 3.09. The fourth-order valence-corrected chi connectivity index (χ4v) is 1.97. The molecule has 2 N–H and O–H groups in total. The van der Waals surface area contributed by atoms with Crippen LogP contribution in [0.5, 0.6) is 0 Å². The van der Waals surface area contributed by atoms with Crippen LogP contribution in [0.2, 0.25) is 0 Å². The van der Waals surface area contributed by atoms with E-state index in [1.807, 2.05) is 7.05 Å². The highest BCUT2D eigenvalue weighted by molar-refractivity contribution is 5.78. The molecule has 1 heterocycles. The summed E-state index contributed by atoms with van der Waals surface area (Å²) in [5.41, 5.74) is 0. The van der Waals surface area contributed by atoms with E-state index >= 15 is 0 Å². The highest BCUT2D eigenvalue weighted by atomic mass is 16.2. The van der Waals surface area contributed by atoms with Crippen LogP contribution in [-0.4, -0.2) is 50.1 Å². The second kappa shape index (κ2) is 6.86. The van der Waals surface area contributed by atoms with Gasteiger partial charge < -0.3 is 10.6 Å². The minimum atomic E-state index is 0.164. The number of carbonyl (C=O) groups excluding carboxylic acids is 1. The molecule has 0 radical (unpaired) electrons. The van der Waals surface area contributed by atoms with Crippen LogP contribution >= 0.6 is 0 Å². The van der Waals surface area contributed by atoms with Crippen molar-refractivity contribution in [1.82, 2.24) is 15.5 Å². The Hall–Kier alpha value is -0.610. The van der Waals surface area contributed by atoms with Crippen LogP contribution < -0.4 is 10.6 Å². The van der Waals surface area contributed by atoms with Gasteiger partial charge in [0.05, 0.1) is 6.54 Å². The average molecular weight is 227 g/mol. The molecule has 4 nitrogen and oxygen atoms in total. The Balaban J connectivity index is 2.10. The molecule has 0 bridgehead atoms. The summed E-state index contributed by atoms with van der Waals surface area (Å²) >= 11 is 0. The molecule has 1 aliphatic rings. The maximum absolute atomic E-state index is 11.6. The molecule has 4 heteroatoms. The highest BCUT2D eigenvalue weighted by Crippen LogP contribution is 2.07. The predicted molar refractivity (Wildman–Crippen MR) is 66.4 cm³/mol. The second-order valence-electron chi connectivity index (χ2n) is 5.04. The standard InChI is InChI=1S/C12H25N3O/c1-10(2)4-6-14-12(16)9-15-7-5-11(8-15)13-3/h10-11,13H,4-9H2,1-3H3,(H,14,16). The maximum Gasteiger partial charge on any atom is 0.234 e. The summed E-state index contributed by atoms with van der Waals surface area (Å²) in [6, 6.07) is 0.559. The van der Waals surface area contributed by atoms with Crippen molar-refractivity contribution in [2.45, 2.75) is 32.7 Å². The number of likely N-dealkylation sites (tertiary alicyclic amines) is 1. The molecule has 0 aliphatic carbocycles. The lowest BCUT2D eigenvalue weighted by atomic mass is 10.1. The van der Waals surface area contributed by atoms with Crippen molar-refractivity contribution >= 4 is 5.91 Å². The Bertz CT molecular complexity index is 218. The summed E-state index contributed by atoms with van der Waals surface area (Å²) in [4.78, 5) is 13.8. The molecular weight excluding hydrogens is 202 g/mol. The zero-order chi connectivity index (χ0) is 12.0. The molecule has 1 rings (SSSR count). The first-order chi connectivity index (χ1) is 7.61. The van der Waals surface area contributed by atoms with Crippen LogP contribution in [0.4, 0.5) is 0 Å². The summed E-state index contributed by atoms with van der Waals surface area (Å²) < 4.78 is 0. The lowest BCUT2D eigenvalue weighted by Gasteiger charge is -2.15. The SMILES string of the molecule is CNC1CCN(CC(=O)NCCC(C)C)C1. The van der Waals surface area contributed by atoms with Gasteiger partial charge in [0.1, 0.15) is 0 Å². The third kappa shape index (κ3) is 4.94. The van der Waals surface area contributed by atoms with E-state index in [1.54, 1.807) is 0 Å². The molecule has 0 spiro atoms. The van der Waals surface area contributed by atoms with Gasteiger partial charge in [0.2, 0.25) is 5.91 Å². The van der Waals surface area contributed by atoms with Gasteiger partial charge in [0.25, 0.3) is 0 Å². The molecule has 94 valence electrons. The monoisotopic (exact) mass is 227 g/mol. The number of nitrogens with one attached hydrogen (secondary N) is 2. The van der Waals surface area contributed by atoms with E-state index < -0.39 is 0 Å². The highest BCUT2D eigenvalue weighted by Gasteiger charge is 2.22. The fourth-order valence-electron chi connectivity index (χ4n) is 1.97. The number of amides is 1. The minimum Gasteiger partial charge on any atom is -0.355 e. The summed E-state index contributed by atoms with van der Waals surface area (Å²) in [5, 5.41) is 6.22. The Kier molecular flexibility index (Phi) is 5.77. The number of likely N-dealkylation sites (N-methyl/N-ethyl adjacent to an activating group) is 1. The van der Waals surface area contributed by atoms with Gasteiger partial charge in [0, 0.05) is 25.7 Å². The fraction of sp³-hybridized carbons (Fsp3) is 0.917. The van der Waals surface area contributed by atoms with Crippen molar-refractivity contribution < 1.29 is 4.79 Å². The first-order valence-corrected chi connectivity index (χ1v) is 6.28. The molecule has 1 atom stereocenters. The molecule has 0 aromatic rings. The van der Waals surface area contributed by atoms with Crippen LogP contribution in [0.3, 0.4) is 0 Å². The molecule has 16 heavy (non-hydrogen) atoms. The third-order valence-corrected chi connectivity index (χ3v) is 3.09. The van der Waals surface area contributed by atoms with Gasteiger partial charge in [-0.25, -0.2) is 0 Å². The van der Waals surface area contributed by atoms with Crippen LogP contribution in [0.15, 0.2) is 0 Å². The number of carbonyl (C=O) groups is 1. The summed E-state index contributed by atoms with van der Waals surface area (Å²) in [5.74, 6) is 0.818. The van der Waals surface area contributed by atoms with Crippen LogP contribution in [0, 0.1) is 5.92 Å². The Labute approximate surface area is 98.8 Å². The first kappa shape index (κ1) is 13.5. The quantitative estimate of drug-likeness (QED) is 0.692. The minimum absolute atomic E-state index is 0.164. The van der Waals surface area contributed by atoms with Gasteiger partial charge in [-0.3, -0.25) is 9.69 Å². The Morgan fingerprint density at radius 1 is 1.50 bits per heavy atom. The van der Waals surface area contributed by atoms with Crippen molar-refractivity contribution in [3.63, 3.8) is 0 Å². The normalized spacial score (nSPS) is 21.6. The van der Waals surface area contributed by atoms with Gasteiger partial charge in [-0.05, 0) is 25.8 Å². The van der Waals surface area contributed by atoms with Gasteiger partial charge >= 0.3 is 0 Å². The number of hydrogen-bond donors (Lipinski definition) is 2. The number of hydrogen-bond acceptors (Lipinski definition) is 3. The van der Waals surface area contributed by atoms with Crippen molar-refractivity contribution in [2.24, 2.45) is 5.92 Å². The van der Waals surface area contributed by atoms with E-state index in [9.17, 15) is 4.79 Å². The Morgan fingerprint density at radius 3 is 2.81 bits per heavy atom. The van der Waals surface area contributed by atoms with Gasteiger partial charge in [0.15, 0.2) is 0 Å². The first-order valence-electron chi connectivity index (χ1n) is 6.28. The van der Waals surface area contributed by atoms with Crippen molar-refractivity contribution in [2.75, 3.05) is 33.2 Å². The second-order valence-corrected chi connectivity index (χ2v) is 5.04. The summed E-state index contributed by atoms with van der Waals surface area (Å²) in [6.07, 6.45) is 2.21. The van der Waals surface area contributed by atoms with Crippen LogP contribution in [-0.2, 0) is 4.79 Å². The average Bonchev–Trinajstić information content (AvgIpc) is 2.65. The molecule has 1 aliphatic heterocycles. The largest absolute Gasteiger partial charge is 0.355 e. The van der Waals surface area contributed by atoms with Crippen molar-refractivity contribution in [3.8, 4) is 0 Å². The van der Waals surface area contributed by atoms with Crippen molar-refractivity contribution in [1.29, 1.82) is 0 Å². The molecule has 1 amide bonds. The number of rotatable bonds is 6. The number of nitrogens with zero attached hydrogens (tertiary/aromatic N) is 1. The van der Waals surface area contributed by atoms with Gasteiger partial charge in [-0.1, -0.05) is 13.8 Å². The Morgan fingerprint density at radius 2 is 2.25 bits per heavy atom. The molecule has 0 saturated carbocycles. The smallest absolute Gasteiger partial charge is 0.234 e. The molecule has 0 aromatic carbocycles. The topological polar surface area (TPSA) is 44.4 Å². The lowest BCUT2D eigenvalue weighted by molar-refractivity contribution is -0.122. The molecular formula is C12H25N3O. The lowest BCUT2D eigenvalue weighted by Crippen LogP contribution is -2.38. The van der Waals surface area contributed by atoms with Crippen LogP contribution in [0.25, 0.3) is 0 Å². The van der Waals surface area contributed by atoms with E-state index in [0.29, 0.717) is 18.5 Å². The van der Waals surface area contributed by atoms with E-state index in [0.717, 1.165) is 32.5 Å². The molecule has 1 saturated heterocycles. The van der Waals surface area contributed by atoms with Crippen molar-refractivity contribution in [3.05, 3.63) is 0 Å². The van der Waals surface area contributed by atoms with E-state index in [4.69, 9.17) is 0 Å². The van der Waals surface area contributed by atoms with E-state index in [1.165, 1.54) is 0 Å². The molecule has 1 unspecified atom stereocenters. The molecule has 1 fully saturated rings. The zero-order valence-electron chi connectivity index (χ0n) is 10.8. The van der Waals surface area contributed by atoms with Gasteiger partial charge in [-0.15, -0.1) is 0 Å². The predicted octanol–water partition coefficient (Wildman–Crippen LogP) is 0.442. The zero-order valence-corrected chi connectivity index (χ0v) is 10.8. The summed E-state index contributed by atoms with van der Waals surface area (Å²) in [7, 11) is 1.98. The molecule has 0 aromatic heterocycles. The van der Waals surface area contributed by atoms with E-state index in [2.05, 4.69) is 29.4 Å².